The Balaban J connectivity index is 1.72. The number of nitrogens with zero attached hydrogens (tertiary/aromatic N) is 2. The van der Waals surface area contributed by atoms with Crippen molar-refractivity contribution < 1.29 is 0 Å². The molecule has 3 aliphatic rings. The third-order valence-electron chi connectivity index (χ3n) is 6.24. The van der Waals surface area contributed by atoms with Crippen LogP contribution in [0.3, 0.4) is 0 Å². The molecule has 3 fully saturated rings. The van der Waals surface area contributed by atoms with E-state index in [2.05, 4.69) is 16.7 Å². The van der Waals surface area contributed by atoms with Crippen molar-refractivity contribution in [2.24, 2.45) is 11.7 Å². The first-order valence-electron chi connectivity index (χ1n) is 8.49. The lowest BCUT2D eigenvalue weighted by atomic mass is 9.81. The van der Waals surface area contributed by atoms with E-state index in [-0.39, 0.29) is 0 Å². The molecule has 0 saturated carbocycles. The molecule has 19 heavy (non-hydrogen) atoms. The Morgan fingerprint density at radius 1 is 1.05 bits per heavy atom. The van der Waals surface area contributed by atoms with Crippen LogP contribution in [0.25, 0.3) is 0 Å². The van der Waals surface area contributed by atoms with Gasteiger partial charge in [0, 0.05) is 24.7 Å². The van der Waals surface area contributed by atoms with Crippen LogP contribution in [-0.2, 0) is 0 Å². The molecule has 2 unspecified atom stereocenters. The summed E-state index contributed by atoms with van der Waals surface area (Å²) < 4.78 is 0. The van der Waals surface area contributed by atoms with Crippen LogP contribution in [0.1, 0.15) is 51.9 Å². The molecule has 0 aromatic carbocycles. The van der Waals surface area contributed by atoms with Crippen LogP contribution in [0.15, 0.2) is 0 Å². The van der Waals surface area contributed by atoms with Gasteiger partial charge >= 0.3 is 0 Å². The highest BCUT2D eigenvalue weighted by Crippen LogP contribution is 2.40. The van der Waals surface area contributed by atoms with E-state index in [1.54, 1.807) is 0 Å². The van der Waals surface area contributed by atoms with E-state index >= 15 is 0 Å². The molecule has 2 atom stereocenters. The minimum atomic E-state index is 0.319. The third-order valence-corrected chi connectivity index (χ3v) is 6.24. The fourth-order valence-electron chi connectivity index (χ4n) is 4.89. The monoisotopic (exact) mass is 265 g/mol. The van der Waals surface area contributed by atoms with Crippen molar-refractivity contribution >= 4 is 0 Å². The van der Waals surface area contributed by atoms with Gasteiger partial charge in [0.25, 0.3) is 0 Å². The number of fused-ring (bicyclic) bond motifs is 1. The van der Waals surface area contributed by atoms with Crippen molar-refractivity contribution in [1.82, 2.24) is 9.80 Å². The fourth-order valence-corrected chi connectivity index (χ4v) is 4.89. The topological polar surface area (TPSA) is 32.5 Å². The lowest BCUT2D eigenvalue weighted by Gasteiger charge is -2.49. The molecule has 3 saturated heterocycles. The van der Waals surface area contributed by atoms with E-state index in [9.17, 15) is 0 Å². The van der Waals surface area contributed by atoms with Gasteiger partial charge in [0.2, 0.25) is 0 Å². The van der Waals surface area contributed by atoms with E-state index in [1.807, 2.05) is 0 Å². The highest BCUT2D eigenvalue weighted by Gasteiger charge is 2.50. The van der Waals surface area contributed by atoms with Crippen molar-refractivity contribution in [3.8, 4) is 0 Å². The van der Waals surface area contributed by atoms with Gasteiger partial charge in [-0.15, -0.1) is 0 Å². The Hall–Kier alpha value is -0.120. The predicted molar refractivity (Wildman–Crippen MR) is 80.2 cm³/mol. The van der Waals surface area contributed by atoms with Gasteiger partial charge in [-0.3, -0.25) is 9.80 Å². The smallest absolute Gasteiger partial charge is 0.0498 e. The number of rotatable bonds is 3. The first kappa shape index (κ1) is 13.8. The molecule has 0 aliphatic carbocycles. The number of hydrogen-bond donors (Lipinski definition) is 1. The Morgan fingerprint density at radius 3 is 2.53 bits per heavy atom. The zero-order chi connectivity index (χ0) is 13.3. The Morgan fingerprint density at radius 2 is 1.84 bits per heavy atom. The van der Waals surface area contributed by atoms with Gasteiger partial charge in [0.1, 0.15) is 0 Å². The second-order valence-corrected chi connectivity index (χ2v) is 6.94. The summed E-state index contributed by atoms with van der Waals surface area (Å²) in [5.74, 6) is 0.968. The Kier molecular flexibility index (Phi) is 4.16. The lowest BCUT2D eigenvalue weighted by Crippen LogP contribution is -2.63. The summed E-state index contributed by atoms with van der Waals surface area (Å²) in [5, 5.41) is 0. The highest BCUT2D eigenvalue weighted by atomic mass is 15.3. The molecule has 0 spiro atoms. The number of hydrogen-bond acceptors (Lipinski definition) is 3. The van der Waals surface area contributed by atoms with Crippen molar-refractivity contribution in [2.45, 2.75) is 63.5 Å². The van der Waals surface area contributed by atoms with Crippen LogP contribution in [-0.4, -0.2) is 54.1 Å². The molecule has 0 amide bonds. The van der Waals surface area contributed by atoms with E-state index in [1.165, 1.54) is 71.1 Å². The molecule has 0 aromatic heterocycles. The summed E-state index contributed by atoms with van der Waals surface area (Å²) in [6, 6.07) is 0.754. The summed E-state index contributed by atoms with van der Waals surface area (Å²) in [6.45, 7) is 8.40. The van der Waals surface area contributed by atoms with Gasteiger partial charge < -0.3 is 5.73 Å². The first-order chi connectivity index (χ1) is 9.30. The van der Waals surface area contributed by atoms with Crippen molar-refractivity contribution in [3.63, 3.8) is 0 Å². The van der Waals surface area contributed by atoms with Crippen molar-refractivity contribution in [3.05, 3.63) is 0 Å². The Bertz CT molecular complexity index is 298. The maximum absolute atomic E-state index is 6.31. The second kappa shape index (κ2) is 5.71. The van der Waals surface area contributed by atoms with Gasteiger partial charge in [-0.2, -0.15) is 0 Å². The van der Waals surface area contributed by atoms with Crippen LogP contribution < -0.4 is 5.73 Å². The fraction of sp³-hybridized carbons (Fsp3) is 1.00. The van der Waals surface area contributed by atoms with E-state index < -0.39 is 0 Å². The van der Waals surface area contributed by atoms with Gasteiger partial charge in [0.05, 0.1) is 0 Å². The SMILES string of the molecule is CCC1CCN(C2(CN)CCN3CCCCC32)CC1. The molecule has 0 radical (unpaired) electrons. The molecule has 2 N–H and O–H groups in total. The predicted octanol–water partition coefficient (Wildman–Crippen LogP) is 2.06. The largest absolute Gasteiger partial charge is 0.329 e. The van der Waals surface area contributed by atoms with Crippen LogP contribution in [0.2, 0.25) is 0 Å². The molecule has 3 rings (SSSR count). The van der Waals surface area contributed by atoms with Crippen LogP contribution >= 0.6 is 0 Å². The molecule has 3 heterocycles. The van der Waals surface area contributed by atoms with Gasteiger partial charge in [-0.25, -0.2) is 0 Å². The van der Waals surface area contributed by atoms with Crippen molar-refractivity contribution in [2.75, 3.05) is 32.7 Å². The molecule has 3 aliphatic heterocycles. The lowest BCUT2D eigenvalue weighted by molar-refractivity contribution is 0.0134. The molecular weight excluding hydrogens is 234 g/mol. The third kappa shape index (κ3) is 2.34. The van der Waals surface area contributed by atoms with E-state index in [0.29, 0.717) is 5.54 Å². The van der Waals surface area contributed by atoms with E-state index in [0.717, 1.165) is 18.5 Å². The normalized spacial score (nSPS) is 38.5. The van der Waals surface area contributed by atoms with Gasteiger partial charge in [-0.05, 0) is 57.7 Å². The highest BCUT2D eigenvalue weighted by molar-refractivity contribution is 5.09. The summed E-state index contributed by atoms with van der Waals surface area (Å²) in [6.07, 6.45) is 9.65. The summed E-state index contributed by atoms with van der Waals surface area (Å²) >= 11 is 0. The van der Waals surface area contributed by atoms with Crippen LogP contribution in [0, 0.1) is 5.92 Å². The van der Waals surface area contributed by atoms with Crippen molar-refractivity contribution in [1.29, 1.82) is 0 Å². The molecule has 0 aromatic rings. The summed E-state index contributed by atoms with van der Waals surface area (Å²) in [5.41, 5.74) is 6.62. The quantitative estimate of drug-likeness (QED) is 0.848. The maximum atomic E-state index is 6.31. The zero-order valence-electron chi connectivity index (χ0n) is 12.6. The second-order valence-electron chi connectivity index (χ2n) is 6.94. The maximum Gasteiger partial charge on any atom is 0.0498 e. The molecule has 0 bridgehead atoms. The Labute approximate surface area is 118 Å². The van der Waals surface area contributed by atoms with Gasteiger partial charge in [-0.1, -0.05) is 19.8 Å². The molecular formula is C16H31N3. The molecule has 3 heteroatoms. The number of likely N-dealkylation sites (tertiary alicyclic amines) is 1. The average molecular weight is 265 g/mol. The van der Waals surface area contributed by atoms with E-state index in [4.69, 9.17) is 5.73 Å². The van der Waals surface area contributed by atoms with Crippen LogP contribution in [0.4, 0.5) is 0 Å². The standard InChI is InChI=1S/C16H31N3/c1-2-14-6-10-19(11-7-14)16(13-17)8-12-18-9-4-3-5-15(16)18/h14-15H,2-13,17H2,1H3. The minimum Gasteiger partial charge on any atom is -0.329 e. The average Bonchev–Trinajstić information content (AvgIpc) is 2.87. The number of piperidine rings is 2. The zero-order valence-corrected chi connectivity index (χ0v) is 12.6. The summed E-state index contributed by atoms with van der Waals surface area (Å²) in [7, 11) is 0. The minimum absolute atomic E-state index is 0.319. The molecule has 110 valence electrons. The first-order valence-corrected chi connectivity index (χ1v) is 8.49. The van der Waals surface area contributed by atoms with Gasteiger partial charge in [0.15, 0.2) is 0 Å². The molecule has 3 nitrogen and oxygen atoms in total. The summed E-state index contributed by atoms with van der Waals surface area (Å²) in [4.78, 5) is 5.53. The number of nitrogens with two attached hydrogens (primary N) is 1. The van der Waals surface area contributed by atoms with Crippen LogP contribution in [0.5, 0.6) is 0 Å².